The lowest BCUT2D eigenvalue weighted by Gasteiger charge is -2.20. The van der Waals surface area contributed by atoms with Crippen LogP contribution >= 0.6 is 0 Å². The van der Waals surface area contributed by atoms with Crippen molar-refractivity contribution in [1.29, 1.82) is 0 Å². The zero-order valence-corrected chi connectivity index (χ0v) is 16.1. The first-order valence-electron chi connectivity index (χ1n) is 9.26. The Morgan fingerprint density at radius 3 is 2.70 bits per heavy atom. The number of hydrogen-bond donors (Lipinski definition) is 2. The highest BCUT2D eigenvalue weighted by molar-refractivity contribution is 5.79. The molecule has 0 bridgehead atoms. The molecule has 3 rings (SSSR count). The van der Waals surface area contributed by atoms with Crippen molar-refractivity contribution in [3.8, 4) is 11.5 Å². The minimum atomic E-state index is 0.263. The predicted octanol–water partition coefficient (Wildman–Crippen LogP) is 2.57. The molecule has 1 aromatic carbocycles. The highest BCUT2D eigenvalue weighted by Gasteiger charge is 2.20. The molecular weight excluding hydrogens is 346 g/mol. The Hall–Kier alpha value is -2.77. The standard InChI is InChI=1S/C19H27N5O3/c1-13-23-17(24-27-13)12-22-19(20-2)21-11-14-7-6-10-16(25-3)18(14)26-15-8-4-5-9-15/h6-7,10,15H,4-5,8-9,11-12H2,1-3H3,(H2,20,21,22). The first kappa shape index (κ1) is 19.0. The van der Waals surface area contributed by atoms with Gasteiger partial charge < -0.3 is 24.6 Å². The molecule has 0 radical (unpaired) electrons. The summed E-state index contributed by atoms with van der Waals surface area (Å²) >= 11 is 0. The van der Waals surface area contributed by atoms with E-state index in [1.807, 2.05) is 18.2 Å². The molecule has 0 aliphatic heterocycles. The van der Waals surface area contributed by atoms with Crippen molar-refractivity contribution in [1.82, 2.24) is 20.8 Å². The van der Waals surface area contributed by atoms with Gasteiger partial charge in [0.2, 0.25) is 5.89 Å². The minimum absolute atomic E-state index is 0.263. The minimum Gasteiger partial charge on any atom is -0.493 e. The highest BCUT2D eigenvalue weighted by atomic mass is 16.5. The predicted molar refractivity (Wildman–Crippen MR) is 102 cm³/mol. The molecule has 0 amide bonds. The van der Waals surface area contributed by atoms with Gasteiger partial charge in [0.15, 0.2) is 23.3 Å². The van der Waals surface area contributed by atoms with Gasteiger partial charge in [-0.15, -0.1) is 0 Å². The number of aromatic nitrogens is 2. The van der Waals surface area contributed by atoms with Crippen LogP contribution in [0.25, 0.3) is 0 Å². The van der Waals surface area contributed by atoms with E-state index in [0.29, 0.717) is 30.8 Å². The van der Waals surface area contributed by atoms with Crippen LogP contribution in [0, 0.1) is 6.92 Å². The van der Waals surface area contributed by atoms with E-state index in [9.17, 15) is 0 Å². The van der Waals surface area contributed by atoms with Crippen molar-refractivity contribution in [2.45, 2.75) is 51.8 Å². The zero-order chi connectivity index (χ0) is 19.1. The van der Waals surface area contributed by atoms with Gasteiger partial charge in [-0.1, -0.05) is 17.3 Å². The summed E-state index contributed by atoms with van der Waals surface area (Å²) in [6.45, 7) is 2.75. The molecule has 1 aromatic heterocycles. The van der Waals surface area contributed by atoms with Crippen LogP contribution in [-0.4, -0.2) is 36.4 Å². The van der Waals surface area contributed by atoms with Gasteiger partial charge in [-0.05, 0) is 31.7 Å². The summed E-state index contributed by atoms with van der Waals surface area (Å²) in [4.78, 5) is 8.41. The largest absolute Gasteiger partial charge is 0.493 e. The lowest BCUT2D eigenvalue weighted by Crippen LogP contribution is -2.36. The Morgan fingerprint density at radius 2 is 2.04 bits per heavy atom. The number of aryl methyl sites for hydroxylation is 1. The third-order valence-corrected chi connectivity index (χ3v) is 4.52. The number of nitrogens with one attached hydrogen (secondary N) is 2. The molecule has 0 atom stereocenters. The Bertz CT molecular complexity index is 768. The average Bonchev–Trinajstić information content (AvgIpc) is 3.34. The Balaban J connectivity index is 1.63. The summed E-state index contributed by atoms with van der Waals surface area (Å²) < 4.78 is 16.8. The number of rotatable bonds is 7. The first-order valence-corrected chi connectivity index (χ1v) is 9.26. The average molecular weight is 373 g/mol. The number of benzene rings is 1. The van der Waals surface area contributed by atoms with Crippen molar-refractivity contribution in [2.24, 2.45) is 4.99 Å². The van der Waals surface area contributed by atoms with Crippen molar-refractivity contribution < 1.29 is 14.0 Å². The van der Waals surface area contributed by atoms with Crippen molar-refractivity contribution in [3.63, 3.8) is 0 Å². The van der Waals surface area contributed by atoms with Crippen molar-refractivity contribution >= 4 is 5.96 Å². The number of guanidine groups is 1. The lowest BCUT2D eigenvalue weighted by atomic mass is 10.1. The highest BCUT2D eigenvalue weighted by Crippen LogP contribution is 2.34. The maximum atomic E-state index is 6.27. The summed E-state index contributed by atoms with van der Waals surface area (Å²) in [5.41, 5.74) is 1.03. The molecule has 0 saturated heterocycles. The van der Waals surface area contributed by atoms with Gasteiger partial charge in [0.25, 0.3) is 0 Å². The fraction of sp³-hybridized carbons (Fsp3) is 0.526. The van der Waals surface area contributed by atoms with Gasteiger partial charge in [0, 0.05) is 26.1 Å². The van der Waals surface area contributed by atoms with E-state index in [4.69, 9.17) is 14.0 Å². The monoisotopic (exact) mass is 373 g/mol. The molecule has 0 spiro atoms. The topological polar surface area (TPSA) is 93.8 Å². The van der Waals surface area contributed by atoms with Gasteiger partial charge in [0.1, 0.15) is 0 Å². The Labute approximate surface area is 159 Å². The summed E-state index contributed by atoms with van der Waals surface area (Å²) in [7, 11) is 3.39. The van der Waals surface area contributed by atoms with Crippen LogP contribution in [0.1, 0.15) is 43.0 Å². The van der Waals surface area contributed by atoms with Crippen molar-refractivity contribution in [3.05, 3.63) is 35.5 Å². The van der Waals surface area contributed by atoms with Gasteiger partial charge in [-0.25, -0.2) is 0 Å². The number of hydrogen-bond acceptors (Lipinski definition) is 6. The van der Waals surface area contributed by atoms with Crippen LogP contribution in [-0.2, 0) is 13.1 Å². The number of ether oxygens (including phenoxy) is 2. The molecule has 27 heavy (non-hydrogen) atoms. The lowest BCUT2D eigenvalue weighted by molar-refractivity contribution is 0.198. The number of methoxy groups -OCH3 is 1. The normalized spacial score (nSPS) is 15.0. The molecule has 8 nitrogen and oxygen atoms in total. The molecule has 1 heterocycles. The van der Waals surface area contributed by atoms with E-state index in [0.717, 1.165) is 29.9 Å². The second-order valence-corrected chi connectivity index (χ2v) is 6.48. The van der Waals surface area contributed by atoms with Crippen LogP contribution in [0.2, 0.25) is 0 Å². The maximum absolute atomic E-state index is 6.27. The number of para-hydroxylation sites is 1. The number of aliphatic imine (C=N–C) groups is 1. The van der Waals surface area contributed by atoms with Crippen LogP contribution < -0.4 is 20.1 Å². The summed E-state index contributed by atoms with van der Waals surface area (Å²) in [6, 6.07) is 5.94. The smallest absolute Gasteiger partial charge is 0.223 e. The van der Waals surface area contributed by atoms with E-state index in [2.05, 4.69) is 25.8 Å². The molecule has 0 unspecified atom stereocenters. The molecular formula is C19H27N5O3. The summed E-state index contributed by atoms with van der Waals surface area (Å²) in [5.74, 6) is 3.34. The number of nitrogens with zero attached hydrogens (tertiary/aromatic N) is 3. The Kier molecular flexibility index (Phi) is 6.51. The van der Waals surface area contributed by atoms with E-state index in [-0.39, 0.29) is 6.10 Å². The molecule has 1 saturated carbocycles. The molecule has 2 aromatic rings. The zero-order valence-electron chi connectivity index (χ0n) is 16.1. The van der Waals surface area contributed by atoms with Gasteiger partial charge in [-0.2, -0.15) is 4.98 Å². The second-order valence-electron chi connectivity index (χ2n) is 6.48. The Morgan fingerprint density at radius 1 is 1.26 bits per heavy atom. The molecule has 1 fully saturated rings. The van der Waals surface area contributed by atoms with Crippen LogP contribution in [0.15, 0.2) is 27.7 Å². The van der Waals surface area contributed by atoms with Gasteiger partial charge in [0.05, 0.1) is 19.8 Å². The fourth-order valence-electron chi connectivity index (χ4n) is 3.14. The maximum Gasteiger partial charge on any atom is 0.223 e. The molecule has 2 N–H and O–H groups in total. The first-order chi connectivity index (χ1) is 13.2. The van der Waals surface area contributed by atoms with Gasteiger partial charge in [-0.3, -0.25) is 4.99 Å². The van der Waals surface area contributed by atoms with E-state index < -0.39 is 0 Å². The van der Waals surface area contributed by atoms with Crippen LogP contribution in [0.4, 0.5) is 0 Å². The van der Waals surface area contributed by atoms with E-state index >= 15 is 0 Å². The van der Waals surface area contributed by atoms with Gasteiger partial charge >= 0.3 is 0 Å². The third kappa shape index (κ3) is 5.12. The van der Waals surface area contributed by atoms with E-state index in [1.54, 1.807) is 21.1 Å². The summed E-state index contributed by atoms with van der Waals surface area (Å²) in [6.07, 6.45) is 4.90. The SMILES string of the molecule is CN=C(NCc1noc(C)n1)NCc1cccc(OC)c1OC1CCCC1. The quantitative estimate of drug-likeness (QED) is 0.569. The summed E-state index contributed by atoms with van der Waals surface area (Å²) in [5, 5.41) is 10.3. The third-order valence-electron chi connectivity index (χ3n) is 4.52. The molecule has 8 heteroatoms. The van der Waals surface area contributed by atoms with Crippen LogP contribution in [0.5, 0.6) is 11.5 Å². The fourth-order valence-corrected chi connectivity index (χ4v) is 3.14. The molecule has 146 valence electrons. The second kappa shape index (κ2) is 9.25. The molecule has 1 aliphatic carbocycles. The van der Waals surface area contributed by atoms with Crippen LogP contribution in [0.3, 0.4) is 0 Å². The van der Waals surface area contributed by atoms with Crippen molar-refractivity contribution in [2.75, 3.05) is 14.2 Å². The molecule has 1 aliphatic rings. The van der Waals surface area contributed by atoms with E-state index in [1.165, 1.54) is 12.8 Å².